The third-order valence-electron chi connectivity index (χ3n) is 9.98. The Hall–Kier alpha value is -3.61. The number of hydrogen-bond acceptors (Lipinski definition) is 13. The fraction of sp³-hybridized carbons (Fsp3) is 0.500. The summed E-state index contributed by atoms with van der Waals surface area (Å²) in [6, 6.07) is 19.2. The zero-order valence-corrected chi connectivity index (χ0v) is 35.0. The van der Waals surface area contributed by atoms with Crippen molar-refractivity contribution in [2.75, 3.05) is 48.6 Å². The molecule has 2 N–H and O–H groups in total. The number of ether oxygens (including phenoxy) is 2. The summed E-state index contributed by atoms with van der Waals surface area (Å²) in [7, 11) is -7.27. The molecule has 2 aliphatic heterocycles. The van der Waals surface area contributed by atoms with Crippen LogP contribution < -0.4 is 10.6 Å². The van der Waals surface area contributed by atoms with Gasteiger partial charge in [0.25, 0.3) is 0 Å². The van der Waals surface area contributed by atoms with Gasteiger partial charge in [-0.2, -0.15) is 9.36 Å². The molecule has 0 saturated carbocycles. The van der Waals surface area contributed by atoms with Gasteiger partial charge in [0.05, 0.1) is 17.2 Å². The summed E-state index contributed by atoms with van der Waals surface area (Å²) in [5, 5.41) is 6.36. The summed E-state index contributed by atoms with van der Waals surface area (Å²) in [6.07, 6.45) is 2.82. The van der Waals surface area contributed by atoms with Crippen molar-refractivity contribution >= 4 is 65.4 Å². The van der Waals surface area contributed by atoms with Gasteiger partial charge in [0.2, 0.25) is 17.8 Å². The van der Waals surface area contributed by atoms with Crippen LogP contribution >= 0.6 is 22.9 Å². The topological polar surface area (TPSA) is 184 Å². The lowest BCUT2D eigenvalue weighted by atomic mass is 10.0. The Balaban J connectivity index is 0.000000211. The van der Waals surface area contributed by atoms with Gasteiger partial charge in [-0.3, -0.25) is 14.9 Å². The molecule has 0 aliphatic carbocycles. The van der Waals surface area contributed by atoms with Gasteiger partial charge in [0.15, 0.2) is 24.8 Å². The average molecular weight is 832 g/mol. The molecule has 4 heterocycles. The van der Waals surface area contributed by atoms with Gasteiger partial charge < -0.3 is 14.8 Å². The summed E-state index contributed by atoms with van der Waals surface area (Å²) < 4.78 is 63.1. The molecule has 17 heteroatoms. The number of carbonyl (C=O) groups is 2. The Labute approximate surface area is 331 Å². The Morgan fingerprint density at radius 2 is 1.16 bits per heavy atom. The van der Waals surface area contributed by atoms with Gasteiger partial charge >= 0.3 is 0 Å². The minimum Gasteiger partial charge on any atom is -0.381 e. The van der Waals surface area contributed by atoms with E-state index in [0.29, 0.717) is 62.2 Å². The van der Waals surface area contributed by atoms with E-state index >= 15 is 0 Å². The number of benzene rings is 2. The number of anilines is 2. The standard InChI is InChI=1S/C20H26N2O4S2.C18H23N3O4S2/c1-14-17(16-7-5-4-6-8-16)21-19(27-14)22-18(23)20(2,3)28(24,25)13-15-9-11-26-12-10-15;1-18(2,27(23,24)12-13-8-10-25-11-9-13)16(22)20-17-19-15(26-21-17)14-6-4-3-5-7-14/h4-8,15H,9-13H2,1-3H3,(H,21,22,23);3-7,13H,8-12H2,1-2H3,(H,20,21,22). The molecule has 6 rings (SSSR count). The monoisotopic (exact) mass is 831 g/mol. The first-order valence-electron chi connectivity index (χ1n) is 18.1. The van der Waals surface area contributed by atoms with Crippen molar-refractivity contribution in [3.63, 3.8) is 0 Å². The fourth-order valence-electron chi connectivity index (χ4n) is 5.93. The maximum Gasteiger partial charge on any atom is 0.247 e. The average Bonchev–Trinajstić information content (AvgIpc) is 3.78. The van der Waals surface area contributed by atoms with Crippen LogP contribution in [0.5, 0.6) is 0 Å². The summed E-state index contributed by atoms with van der Waals surface area (Å²) in [6.45, 7) is 10.0. The molecule has 2 aromatic carbocycles. The number of nitrogens with zero attached hydrogens (tertiary/aromatic N) is 3. The van der Waals surface area contributed by atoms with Crippen molar-refractivity contribution in [3.05, 3.63) is 65.5 Å². The summed E-state index contributed by atoms with van der Waals surface area (Å²) >= 11 is 2.50. The van der Waals surface area contributed by atoms with Crippen molar-refractivity contribution in [2.24, 2.45) is 11.8 Å². The van der Waals surface area contributed by atoms with Crippen LogP contribution in [-0.4, -0.2) is 90.4 Å². The van der Waals surface area contributed by atoms with Crippen LogP contribution in [0, 0.1) is 18.8 Å². The number of thiazole rings is 1. The number of rotatable bonds is 12. The van der Waals surface area contributed by atoms with E-state index in [1.54, 1.807) is 0 Å². The molecule has 2 fully saturated rings. The SMILES string of the molecule is CC(C)(C(=O)Nc1nsc(-c2ccccc2)n1)S(=O)(=O)CC1CCOCC1.Cc1sc(NC(=O)C(C)(C)S(=O)(=O)CC2CCOCC2)nc1-c1ccccc1. The lowest BCUT2D eigenvalue weighted by Gasteiger charge is -2.28. The minimum absolute atomic E-state index is 0.00292. The molecular weight excluding hydrogens is 783 g/mol. The van der Waals surface area contributed by atoms with Crippen molar-refractivity contribution < 1.29 is 35.9 Å². The summed E-state index contributed by atoms with van der Waals surface area (Å²) in [5.41, 5.74) is 2.65. The Morgan fingerprint density at radius 1 is 0.709 bits per heavy atom. The molecule has 2 saturated heterocycles. The van der Waals surface area contributed by atoms with E-state index in [9.17, 15) is 26.4 Å². The zero-order chi connectivity index (χ0) is 39.9. The predicted octanol–water partition coefficient (Wildman–Crippen LogP) is 6.44. The van der Waals surface area contributed by atoms with Crippen LogP contribution in [0.25, 0.3) is 21.8 Å². The molecule has 55 heavy (non-hydrogen) atoms. The van der Waals surface area contributed by atoms with Gasteiger partial charge in [-0.25, -0.2) is 21.8 Å². The maximum absolute atomic E-state index is 12.9. The Kier molecular flexibility index (Phi) is 14.0. The van der Waals surface area contributed by atoms with E-state index < -0.39 is 41.0 Å². The summed E-state index contributed by atoms with van der Waals surface area (Å²) in [5.74, 6) is -0.993. The molecule has 2 amide bonds. The van der Waals surface area contributed by atoms with Gasteiger partial charge in [-0.05, 0) is 83.7 Å². The van der Waals surface area contributed by atoms with Crippen LogP contribution in [-0.2, 0) is 38.7 Å². The van der Waals surface area contributed by atoms with Crippen molar-refractivity contribution in [1.29, 1.82) is 0 Å². The van der Waals surface area contributed by atoms with E-state index in [2.05, 4.69) is 25.0 Å². The Bertz CT molecular complexity index is 2120. The molecule has 0 bridgehead atoms. The minimum atomic E-state index is -3.64. The van der Waals surface area contributed by atoms with Crippen molar-refractivity contribution in [2.45, 2.75) is 69.8 Å². The molecule has 13 nitrogen and oxygen atoms in total. The summed E-state index contributed by atoms with van der Waals surface area (Å²) in [4.78, 5) is 35.3. The van der Waals surface area contributed by atoms with Crippen LogP contribution in [0.4, 0.5) is 11.1 Å². The first-order chi connectivity index (χ1) is 26.0. The molecule has 2 aromatic heterocycles. The van der Waals surface area contributed by atoms with Crippen LogP contribution in [0.15, 0.2) is 60.7 Å². The van der Waals surface area contributed by atoms with Gasteiger partial charge in [0.1, 0.15) is 14.5 Å². The van der Waals surface area contributed by atoms with Crippen LogP contribution in [0.3, 0.4) is 0 Å². The van der Waals surface area contributed by atoms with Crippen LogP contribution in [0.2, 0.25) is 0 Å². The molecule has 2 aliphatic rings. The lowest BCUT2D eigenvalue weighted by molar-refractivity contribution is -0.118. The first kappa shape index (κ1) is 42.5. The number of carbonyl (C=O) groups excluding carboxylic acids is 2. The second-order valence-electron chi connectivity index (χ2n) is 14.7. The highest BCUT2D eigenvalue weighted by atomic mass is 32.2. The highest BCUT2D eigenvalue weighted by Crippen LogP contribution is 2.32. The van der Waals surface area contributed by atoms with E-state index in [4.69, 9.17) is 9.47 Å². The van der Waals surface area contributed by atoms with Gasteiger partial charge in [0, 0.05) is 42.4 Å². The number of aryl methyl sites for hydroxylation is 1. The number of amides is 2. The van der Waals surface area contributed by atoms with E-state index in [1.807, 2.05) is 67.6 Å². The van der Waals surface area contributed by atoms with Crippen LogP contribution in [0.1, 0.15) is 58.3 Å². The molecule has 298 valence electrons. The Morgan fingerprint density at radius 3 is 1.65 bits per heavy atom. The fourth-order valence-corrected chi connectivity index (χ4v) is 10.8. The third kappa shape index (κ3) is 10.6. The number of aromatic nitrogens is 3. The molecule has 0 unspecified atom stereocenters. The quantitative estimate of drug-likeness (QED) is 0.160. The van der Waals surface area contributed by atoms with Gasteiger partial charge in [-0.15, -0.1) is 11.3 Å². The lowest BCUT2D eigenvalue weighted by Crippen LogP contribution is -2.47. The highest BCUT2D eigenvalue weighted by Gasteiger charge is 2.44. The molecular formula is C38H49N5O8S4. The zero-order valence-electron chi connectivity index (χ0n) is 31.7. The van der Waals surface area contributed by atoms with E-state index in [-0.39, 0.29) is 29.3 Å². The smallest absolute Gasteiger partial charge is 0.247 e. The number of nitrogens with one attached hydrogen (secondary N) is 2. The molecule has 0 atom stereocenters. The van der Waals surface area contributed by atoms with Crippen molar-refractivity contribution in [3.8, 4) is 21.8 Å². The largest absolute Gasteiger partial charge is 0.381 e. The predicted molar refractivity (Wildman–Crippen MR) is 218 cm³/mol. The highest BCUT2D eigenvalue weighted by molar-refractivity contribution is 7.93. The number of hydrogen-bond donors (Lipinski definition) is 2. The molecule has 4 aromatic rings. The van der Waals surface area contributed by atoms with Crippen molar-refractivity contribution in [1.82, 2.24) is 14.3 Å². The third-order valence-corrected chi connectivity index (χ3v) is 16.9. The molecule has 0 radical (unpaired) electrons. The second-order valence-corrected chi connectivity index (χ2v) is 21.8. The number of sulfone groups is 2. The maximum atomic E-state index is 12.9. The second kappa shape index (κ2) is 18.1. The normalized spacial score (nSPS) is 16.2. The first-order valence-corrected chi connectivity index (χ1v) is 23.0. The molecule has 0 spiro atoms. The van der Waals surface area contributed by atoms with Gasteiger partial charge in [-0.1, -0.05) is 60.7 Å². The van der Waals surface area contributed by atoms with E-state index in [0.717, 1.165) is 33.2 Å². The van der Waals surface area contributed by atoms with E-state index in [1.165, 1.54) is 39.0 Å².